The van der Waals surface area contributed by atoms with Gasteiger partial charge in [0.15, 0.2) is 0 Å². The molecule has 1 amide bonds. The number of carbonyl (C=O) groups excluding carboxylic acids is 1. The number of hydrogen-bond acceptors (Lipinski definition) is 2. The van der Waals surface area contributed by atoms with Crippen LogP contribution in [0.1, 0.15) is 20.7 Å². The maximum atomic E-state index is 12.1. The van der Waals surface area contributed by atoms with Gasteiger partial charge in [0.25, 0.3) is 5.91 Å². The molecule has 0 aliphatic rings. The molecule has 0 saturated carbocycles. The number of rotatable bonds is 3. The summed E-state index contributed by atoms with van der Waals surface area (Å²) in [5.74, 6) is -1.68. The quantitative estimate of drug-likeness (QED) is 0.874. The van der Waals surface area contributed by atoms with Gasteiger partial charge in [0.1, 0.15) is 0 Å². The normalized spacial score (nSPS) is 10.1. The highest BCUT2D eigenvalue weighted by Gasteiger charge is 2.16. The summed E-state index contributed by atoms with van der Waals surface area (Å²) in [4.78, 5) is 23.2. The van der Waals surface area contributed by atoms with Gasteiger partial charge in [0.2, 0.25) is 0 Å². The Balaban J connectivity index is 2.31. The zero-order valence-corrected chi connectivity index (χ0v) is 12.4. The van der Waals surface area contributed by atoms with Crippen LogP contribution in [0.5, 0.6) is 0 Å². The monoisotopic (exact) mass is 353 g/mol. The largest absolute Gasteiger partial charge is 0.478 e. The average molecular weight is 355 g/mol. The number of benzene rings is 2. The number of aromatic carboxylic acids is 1. The van der Waals surface area contributed by atoms with E-state index in [4.69, 9.17) is 16.7 Å². The Kier molecular flexibility index (Phi) is 4.42. The second-order valence-corrected chi connectivity index (χ2v) is 5.25. The van der Waals surface area contributed by atoms with Crippen LogP contribution in [0.3, 0.4) is 0 Å². The van der Waals surface area contributed by atoms with Crippen LogP contribution in [0.2, 0.25) is 5.02 Å². The predicted molar refractivity (Wildman–Crippen MR) is 80.5 cm³/mol. The van der Waals surface area contributed by atoms with Crippen molar-refractivity contribution in [3.05, 3.63) is 63.1 Å². The number of carboxylic acid groups (broad SMARTS) is 1. The van der Waals surface area contributed by atoms with E-state index in [1.54, 1.807) is 30.3 Å². The fourth-order valence-electron chi connectivity index (χ4n) is 1.65. The molecule has 2 N–H and O–H groups in total. The van der Waals surface area contributed by atoms with E-state index in [1.165, 1.54) is 12.1 Å². The number of carboxylic acids is 1. The third-order valence-electron chi connectivity index (χ3n) is 2.58. The number of hydrogen-bond donors (Lipinski definition) is 2. The first-order valence-electron chi connectivity index (χ1n) is 5.58. The van der Waals surface area contributed by atoms with Gasteiger partial charge in [0.05, 0.1) is 21.8 Å². The summed E-state index contributed by atoms with van der Waals surface area (Å²) in [5.41, 5.74) is 0.442. The van der Waals surface area contributed by atoms with Crippen molar-refractivity contribution in [2.24, 2.45) is 0 Å². The minimum atomic E-state index is -1.15. The fourth-order valence-corrected chi connectivity index (χ4v) is 2.37. The number of carbonyl (C=O) groups is 2. The van der Waals surface area contributed by atoms with Crippen molar-refractivity contribution >= 4 is 45.1 Å². The van der Waals surface area contributed by atoms with Crippen LogP contribution in [-0.4, -0.2) is 17.0 Å². The summed E-state index contributed by atoms with van der Waals surface area (Å²) >= 11 is 9.27. The van der Waals surface area contributed by atoms with E-state index in [0.29, 0.717) is 10.7 Å². The van der Waals surface area contributed by atoms with E-state index in [9.17, 15) is 9.59 Å². The van der Waals surface area contributed by atoms with E-state index in [2.05, 4.69) is 21.2 Å². The fraction of sp³-hybridized carbons (Fsp3) is 0. The molecular weight excluding hydrogens is 346 g/mol. The lowest BCUT2D eigenvalue weighted by molar-refractivity contribution is 0.0692. The highest BCUT2D eigenvalue weighted by atomic mass is 79.9. The molecule has 0 bridgehead atoms. The lowest BCUT2D eigenvalue weighted by Gasteiger charge is -2.09. The van der Waals surface area contributed by atoms with E-state index in [1.807, 2.05) is 0 Å². The van der Waals surface area contributed by atoms with Crippen LogP contribution < -0.4 is 5.32 Å². The van der Waals surface area contributed by atoms with Gasteiger partial charge in [-0.25, -0.2) is 4.79 Å². The van der Waals surface area contributed by atoms with Gasteiger partial charge in [-0.15, -0.1) is 0 Å². The molecule has 6 heteroatoms. The number of amides is 1. The minimum Gasteiger partial charge on any atom is -0.478 e. The van der Waals surface area contributed by atoms with Crippen molar-refractivity contribution in [1.82, 2.24) is 0 Å². The first kappa shape index (κ1) is 14.6. The summed E-state index contributed by atoms with van der Waals surface area (Å²) in [6.45, 7) is 0. The second-order valence-electron chi connectivity index (χ2n) is 3.93. The summed E-state index contributed by atoms with van der Waals surface area (Å²) in [6.07, 6.45) is 0. The number of anilines is 1. The Morgan fingerprint density at radius 1 is 1.10 bits per heavy atom. The van der Waals surface area contributed by atoms with Gasteiger partial charge >= 0.3 is 5.97 Å². The van der Waals surface area contributed by atoms with Gasteiger partial charge in [-0.3, -0.25) is 4.79 Å². The molecule has 0 aliphatic carbocycles. The summed E-state index contributed by atoms with van der Waals surface area (Å²) in [5, 5.41) is 12.0. The van der Waals surface area contributed by atoms with Crippen LogP contribution >= 0.6 is 27.5 Å². The zero-order valence-electron chi connectivity index (χ0n) is 10.1. The van der Waals surface area contributed by atoms with E-state index in [0.717, 1.165) is 4.47 Å². The van der Waals surface area contributed by atoms with Crippen molar-refractivity contribution < 1.29 is 14.7 Å². The molecule has 0 aliphatic heterocycles. The van der Waals surface area contributed by atoms with Crippen molar-refractivity contribution in [1.29, 1.82) is 0 Å². The molecule has 0 fully saturated rings. The highest BCUT2D eigenvalue weighted by molar-refractivity contribution is 9.10. The Labute approximate surface area is 128 Å². The van der Waals surface area contributed by atoms with E-state index in [-0.39, 0.29) is 11.1 Å². The maximum Gasteiger partial charge on any atom is 0.336 e. The Morgan fingerprint density at radius 2 is 1.75 bits per heavy atom. The van der Waals surface area contributed by atoms with Crippen molar-refractivity contribution in [2.45, 2.75) is 0 Å². The summed E-state index contributed by atoms with van der Waals surface area (Å²) < 4.78 is 0.784. The van der Waals surface area contributed by atoms with Crippen molar-refractivity contribution in [2.75, 3.05) is 5.32 Å². The highest BCUT2D eigenvalue weighted by Crippen LogP contribution is 2.26. The maximum absolute atomic E-state index is 12.1. The number of nitrogens with one attached hydrogen (secondary N) is 1. The molecular formula is C14H9BrClNO3. The molecule has 0 heterocycles. The molecule has 2 aromatic rings. The smallest absolute Gasteiger partial charge is 0.336 e. The third-order valence-corrected chi connectivity index (χ3v) is 3.39. The van der Waals surface area contributed by atoms with Gasteiger partial charge in [-0.05, 0) is 30.3 Å². The average Bonchev–Trinajstić information content (AvgIpc) is 2.41. The standard InChI is InChI=1S/C14H9BrClNO3/c15-8-5-6-12(11(16)7-8)17-13(18)9-3-1-2-4-10(9)14(19)20/h1-7H,(H,17,18)(H,19,20). The number of halogens is 2. The minimum absolute atomic E-state index is 0.0572. The predicted octanol–water partition coefficient (Wildman–Crippen LogP) is 4.05. The molecule has 0 radical (unpaired) electrons. The zero-order chi connectivity index (χ0) is 14.7. The molecule has 4 nitrogen and oxygen atoms in total. The molecule has 2 aromatic carbocycles. The van der Waals surface area contributed by atoms with Crippen LogP contribution in [-0.2, 0) is 0 Å². The van der Waals surface area contributed by atoms with Gasteiger partial charge < -0.3 is 10.4 Å². The molecule has 0 unspecified atom stereocenters. The molecule has 0 spiro atoms. The first-order chi connectivity index (χ1) is 9.49. The van der Waals surface area contributed by atoms with Gasteiger partial charge in [-0.2, -0.15) is 0 Å². The van der Waals surface area contributed by atoms with Crippen LogP contribution in [0.15, 0.2) is 46.9 Å². The molecule has 20 heavy (non-hydrogen) atoms. The topological polar surface area (TPSA) is 66.4 Å². The molecule has 0 aromatic heterocycles. The second kappa shape index (κ2) is 6.07. The van der Waals surface area contributed by atoms with Crippen LogP contribution in [0.4, 0.5) is 5.69 Å². The van der Waals surface area contributed by atoms with Gasteiger partial charge in [-0.1, -0.05) is 39.7 Å². The SMILES string of the molecule is O=C(O)c1ccccc1C(=O)Nc1ccc(Br)cc1Cl. The van der Waals surface area contributed by atoms with E-state index < -0.39 is 11.9 Å². The molecule has 0 atom stereocenters. The lowest BCUT2D eigenvalue weighted by atomic mass is 10.1. The first-order valence-corrected chi connectivity index (χ1v) is 6.75. The Bertz CT molecular complexity index is 688. The van der Waals surface area contributed by atoms with E-state index >= 15 is 0 Å². The Morgan fingerprint density at radius 3 is 2.35 bits per heavy atom. The summed E-state index contributed by atoms with van der Waals surface area (Å²) in [7, 11) is 0. The van der Waals surface area contributed by atoms with Crippen molar-refractivity contribution in [3.63, 3.8) is 0 Å². The van der Waals surface area contributed by atoms with Crippen molar-refractivity contribution in [3.8, 4) is 0 Å². The third kappa shape index (κ3) is 3.18. The molecule has 0 saturated heterocycles. The molecule has 2 rings (SSSR count). The van der Waals surface area contributed by atoms with Crippen LogP contribution in [0, 0.1) is 0 Å². The summed E-state index contributed by atoms with van der Waals surface area (Å²) in [6, 6.07) is 11.0. The molecule has 102 valence electrons. The van der Waals surface area contributed by atoms with Gasteiger partial charge in [0, 0.05) is 4.47 Å². The van der Waals surface area contributed by atoms with Crippen LogP contribution in [0.25, 0.3) is 0 Å². The lowest BCUT2D eigenvalue weighted by Crippen LogP contribution is -2.16. The Hall–Kier alpha value is -1.85.